The van der Waals surface area contributed by atoms with Gasteiger partial charge in [0.2, 0.25) is 5.91 Å². The highest BCUT2D eigenvalue weighted by atomic mass is 16.5. The highest BCUT2D eigenvalue weighted by molar-refractivity contribution is 5.90. The van der Waals surface area contributed by atoms with E-state index < -0.39 is 11.4 Å². The number of likely N-dealkylation sites (N-methyl/N-ethyl adjacent to an activating group) is 1. The maximum Gasteiger partial charge on any atom is 0.323 e. The summed E-state index contributed by atoms with van der Waals surface area (Å²) < 4.78 is 11.2. The van der Waals surface area contributed by atoms with E-state index in [0.29, 0.717) is 31.3 Å². The molecule has 6 heteroatoms. The summed E-state index contributed by atoms with van der Waals surface area (Å²) in [5.41, 5.74) is -0.120. The van der Waals surface area contributed by atoms with Crippen molar-refractivity contribution in [3.8, 4) is 11.5 Å². The van der Waals surface area contributed by atoms with E-state index in [9.17, 15) is 9.59 Å². The van der Waals surface area contributed by atoms with Crippen LogP contribution < -0.4 is 9.47 Å². The lowest BCUT2D eigenvalue weighted by Gasteiger charge is -2.31. The average Bonchev–Trinajstić information content (AvgIpc) is 2.53. The van der Waals surface area contributed by atoms with E-state index in [2.05, 4.69) is 0 Å². The molecule has 1 rings (SSSR count). The molecule has 1 amide bonds. The van der Waals surface area contributed by atoms with E-state index in [1.807, 2.05) is 19.9 Å². The van der Waals surface area contributed by atoms with Gasteiger partial charge in [-0.2, -0.15) is 0 Å². The quantitative estimate of drug-likeness (QED) is 0.750. The van der Waals surface area contributed by atoms with E-state index in [0.717, 1.165) is 5.56 Å². The molecule has 24 heavy (non-hydrogen) atoms. The number of hydrogen-bond acceptors (Lipinski definition) is 4. The second-order valence-electron chi connectivity index (χ2n) is 5.87. The number of amides is 1. The Bertz CT molecular complexity index is 583. The predicted octanol–water partition coefficient (Wildman–Crippen LogP) is 2.69. The number of rotatable bonds is 9. The third kappa shape index (κ3) is 4.63. The molecule has 0 fully saturated rings. The van der Waals surface area contributed by atoms with Gasteiger partial charge in [0.1, 0.15) is 6.54 Å². The summed E-state index contributed by atoms with van der Waals surface area (Å²) in [6.45, 7) is 10.1. The number of hydrogen-bond donors (Lipinski definition) is 1. The van der Waals surface area contributed by atoms with Crippen molar-refractivity contribution in [3.63, 3.8) is 0 Å². The van der Waals surface area contributed by atoms with Gasteiger partial charge < -0.3 is 19.5 Å². The molecule has 0 aliphatic rings. The summed E-state index contributed by atoms with van der Waals surface area (Å²) in [4.78, 5) is 25.1. The van der Waals surface area contributed by atoms with Gasteiger partial charge in [-0.15, -0.1) is 0 Å². The predicted molar refractivity (Wildman–Crippen MR) is 91.7 cm³/mol. The molecule has 0 heterocycles. The summed E-state index contributed by atoms with van der Waals surface area (Å²) in [5, 5.41) is 8.98. The van der Waals surface area contributed by atoms with Gasteiger partial charge in [-0.1, -0.05) is 6.07 Å². The first kappa shape index (κ1) is 19.8. The Labute approximate surface area is 143 Å². The molecule has 0 unspecified atom stereocenters. The molecule has 0 aromatic heterocycles. The second kappa shape index (κ2) is 8.57. The Hall–Kier alpha value is -2.24. The SMILES string of the molecule is CCOc1ccc(C(C)(C)C(=O)N(CC)CC(=O)O)cc1OCC. The molecule has 0 aliphatic heterocycles. The minimum atomic E-state index is -1.03. The first-order valence-electron chi connectivity index (χ1n) is 8.19. The second-order valence-corrected chi connectivity index (χ2v) is 5.87. The van der Waals surface area contributed by atoms with Crippen LogP contribution in [0.4, 0.5) is 0 Å². The van der Waals surface area contributed by atoms with Gasteiger partial charge in [0.15, 0.2) is 11.5 Å². The Kier molecular flexibility index (Phi) is 7.07. The topological polar surface area (TPSA) is 76.1 Å². The average molecular weight is 337 g/mol. The van der Waals surface area contributed by atoms with Crippen molar-refractivity contribution in [2.75, 3.05) is 26.3 Å². The Morgan fingerprint density at radius 3 is 2.17 bits per heavy atom. The van der Waals surface area contributed by atoms with Gasteiger partial charge in [-0.05, 0) is 52.3 Å². The monoisotopic (exact) mass is 337 g/mol. The fourth-order valence-electron chi connectivity index (χ4n) is 2.45. The highest BCUT2D eigenvalue weighted by Crippen LogP contribution is 2.34. The first-order valence-corrected chi connectivity index (χ1v) is 8.19. The van der Waals surface area contributed by atoms with E-state index in [1.54, 1.807) is 32.9 Å². The van der Waals surface area contributed by atoms with Crippen LogP contribution in [0.3, 0.4) is 0 Å². The van der Waals surface area contributed by atoms with Crippen LogP contribution in [0.1, 0.15) is 40.2 Å². The zero-order valence-corrected chi connectivity index (χ0v) is 15.1. The van der Waals surface area contributed by atoms with Crippen molar-refractivity contribution in [2.24, 2.45) is 0 Å². The lowest BCUT2D eigenvalue weighted by Crippen LogP contribution is -2.45. The van der Waals surface area contributed by atoms with Gasteiger partial charge in [0.05, 0.1) is 18.6 Å². The van der Waals surface area contributed by atoms with Crippen molar-refractivity contribution < 1.29 is 24.2 Å². The van der Waals surface area contributed by atoms with E-state index in [-0.39, 0.29) is 12.5 Å². The Balaban J connectivity index is 3.18. The molecule has 0 aliphatic carbocycles. The number of nitrogens with zero attached hydrogens (tertiary/aromatic N) is 1. The summed E-state index contributed by atoms with van der Waals surface area (Å²) in [7, 11) is 0. The first-order chi connectivity index (χ1) is 11.3. The van der Waals surface area contributed by atoms with Crippen LogP contribution in [0, 0.1) is 0 Å². The number of ether oxygens (including phenoxy) is 2. The zero-order chi connectivity index (χ0) is 18.3. The Morgan fingerprint density at radius 2 is 1.67 bits per heavy atom. The van der Waals surface area contributed by atoms with E-state index >= 15 is 0 Å². The molecule has 0 saturated heterocycles. The summed E-state index contributed by atoms with van der Waals surface area (Å²) in [5.74, 6) is -0.0510. The number of benzene rings is 1. The van der Waals surface area contributed by atoms with Crippen LogP contribution in [0.15, 0.2) is 18.2 Å². The molecule has 0 atom stereocenters. The number of carboxylic acid groups (broad SMARTS) is 1. The number of carboxylic acids is 1. The van der Waals surface area contributed by atoms with Crippen LogP contribution in [-0.2, 0) is 15.0 Å². The molecule has 6 nitrogen and oxygen atoms in total. The molecule has 0 bridgehead atoms. The lowest BCUT2D eigenvalue weighted by molar-refractivity contribution is -0.146. The molecular weight excluding hydrogens is 310 g/mol. The van der Waals surface area contributed by atoms with Crippen LogP contribution in [-0.4, -0.2) is 48.2 Å². The number of aliphatic carboxylic acids is 1. The molecule has 0 saturated carbocycles. The molecule has 1 aromatic rings. The largest absolute Gasteiger partial charge is 0.490 e. The van der Waals surface area contributed by atoms with Crippen LogP contribution >= 0.6 is 0 Å². The lowest BCUT2D eigenvalue weighted by atomic mass is 9.83. The molecular formula is C18H27NO5. The van der Waals surface area contributed by atoms with Crippen LogP contribution in [0.5, 0.6) is 11.5 Å². The van der Waals surface area contributed by atoms with Gasteiger partial charge >= 0.3 is 5.97 Å². The summed E-state index contributed by atoms with van der Waals surface area (Å²) in [6, 6.07) is 5.40. The molecule has 1 aromatic carbocycles. The summed E-state index contributed by atoms with van der Waals surface area (Å²) in [6.07, 6.45) is 0. The van der Waals surface area contributed by atoms with Gasteiger partial charge in [-0.25, -0.2) is 0 Å². The Morgan fingerprint density at radius 1 is 1.08 bits per heavy atom. The fourth-order valence-corrected chi connectivity index (χ4v) is 2.45. The fraction of sp³-hybridized carbons (Fsp3) is 0.556. The number of carbonyl (C=O) groups is 2. The normalized spacial score (nSPS) is 11.0. The smallest absolute Gasteiger partial charge is 0.323 e. The standard InChI is InChI=1S/C18H27NO5/c1-6-19(12-16(20)21)17(22)18(4,5)13-9-10-14(23-7-2)15(11-13)24-8-3/h9-11H,6-8,12H2,1-5H3,(H,20,21). The minimum absolute atomic E-state index is 0.237. The molecule has 1 N–H and O–H groups in total. The van der Waals surface area contributed by atoms with Crippen molar-refractivity contribution in [1.82, 2.24) is 4.90 Å². The number of carbonyl (C=O) groups excluding carboxylic acids is 1. The van der Waals surface area contributed by atoms with Crippen LogP contribution in [0.25, 0.3) is 0 Å². The van der Waals surface area contributed by atoms with Crippen LogP contribution in [0.2, 0.25) is 0 Å². The van der Waals surface area contributed by atoms with Crippen molar-refractivity contribution in [1.29, 1.82) is 0 Å². The van der Waals surface area contributed by atoms with Crippen molar-refractivity contribution in [3.05, 3.63) is 23.8 Å². The van der Waals surface area contributed by atoms with Gasteiger partial charge in [-0.3, -0.25) is 9.59 Å². The van der Waals surface area contributed by atoms with Gasteiger partial charge in [0.25, 0.3) is 0 Å². The molecule has 0 radical (unpaired) electrons. The maximum atomic E-state index is 12.8. The van der Waals surface area contributed by atoms with Crippen molar-refractivity contribution in [2.45, 2.75) is 40.0 Å². The van der Waals surface area contributed by atoms with Gasteiger partial charge in [0, 0.05) is 6.54 Å². The zero-order valence-electron chi connectivity index (χ0n) is 15.1. The van der Waals surface area contributed by atoms with Crippen molar-refractivity contribution >= 4 is 11.9 Å². The minimum Gasteiger partial charge on any atom is -0.490 e. The van der Waals surface area contributed by atoms with E-state index in [4.69, 9.17) is 14.6 Å². The third-order valence-corrected chi connectivity index (χ3v) is 3.79. The summed E-state index contributed by atoms with van der Waals surface area (Å²) >= 11 is 0. The maximum absolute atomic E-state index is 12.8. The third-order valence-electron chi connectivity index (χ3n) is 3.79. The molecule has 0 spiro atoms. The molecule has 134 valence electrons. The highest BCUT2D eigenvalue weighted by Gasteiger charge is 2.34. The van der Waals surface area contributed by atoms with E-state index in [1.165, 1.54) is 4.90 Å².